The molecule has 2 saturated heterocycles. The van der Waals surface area contributed by atoms with E-state index in [9.17, 15) is 53.2 Å². The molecule has 87 heavy (non-hydrogen) atoms. The third-order valence-electron chi connectivity index (χ3n) is 19.6. The summed E-state index contributed by atoms with van der Waals surface area (Å²) in [5, 5.41) is 27.9. The fourth-order valence-electron chi connectivity index (χ4n) is 15.1. The summed E-state index contributed by atoms with van der Waals surface area (Å²) in [7, 11) is -5.18. The number of carbonyl (C=O) groups excluding carboxylic acids is 7. The molecule has 7 heterocycles. The number of carbonyl (C=O) groups is 7. The van der Waals surface area contributed by atoms with E-state index in [2.05, 4.69) is 15.6 Å². The van der Waals surface area contributed by atoms with Gasteiger partial charge in [0.25, 0.3) is 0 Å². The molecule has 8 bridgehead atoms. The molecule has 27 nitrogen and oxygen atoms in total. The Morgan fingerprint density at radius 2 is 1.43 bits per heavy atom. The molecule has 8 rings (SSSR count). The van der Waals surface area contributed by atoms with Crippen LogP contribution in [0.4, 0.5) is 0 Å². The molecule has 1 aromatic heterocycles. The molecule has 1 aromatic carbocycles. The molecule has 2 aromatic rings. The van der Waals surface area contributed by atoms with Gasteiger partial charge in [-0.1, -0.05) is 46.8 Å². The molecular weight excluding hydrogens is 1150 g/mol. The summed E-state index contributed by atoms with van der Waals surface area (Å²) in [4.78, 5) is 126. The zero-order valence-electron chi connectivity index (χ0n) is 50.7. The van der Waals surface area contributed by atoms with Crippen LogP contribution in [0.1, 0.15) is 139 Å². The first-order valence-corrected chi connectivity index (χ1v) is 30.8. The van der Waals surface area contributed by atoms with Gasteiger partial charge in [0.15, 0.2) is 6.23 Å². The lowest BCUT2D eigenvalue weighted by Crippen LogP contribution is -2.56. The van der Waals surface area contributed by atoms with Crippen LogP contribution >= 0.6 is 7.82 Å². The molecular formula is C59H84N13O14P. The highest BCUT2D eigenvalue weighted by Crippen LogP contribution is 2.62. The van der Waals surface area contributed by atoms with Crippen molar-refractivity contribution in [1.82, 2.24) is 20.2 Å². The van der Waals surface area contributed by atoms with Crippen LogP contribution in [0.5, 0.6) is 0 Å². The van der Waals surface area contributed by atoms with E-state index in [0.717, 1.165) is 0 Å². The average Bonchev–Trinajstić information content (AvgIpc) is 1.54. The number of amides is 7. The molecule has 6 aliphatic rings. The largest absolute Gasteiger partial charge is 0.474 e. The van der Waals surface area contributed by atoms with Crippen molar-refractivity contribution in [2.75, 3.05) is 6.61 Å². The van der Waals surface area contributed by atoms with E-state index in [1.165, 1.54) is 17.8 Å². The number of hydrogen-bond acceptors (Lipinski definition) is 18. The van der Waals surface area contributed by atoms with Crippen LogP contribution in [0, 0.1) is 45.3 Å². The number of phosphoric ester groups is 1. The number of aromatic nitrogens is 2. The van der Waals surface area contributed by atoms with E-state index >= 15 is 0 Å². The molecule has 2 fully saturated rings. The molecule has 0 aliphatic carbocycles. The van der Waals surface area contributed by atoms with Crippen molar-refractivity contribution in [2.24, 2.45) is 94.7 Å². The van der Waals surface area contributed by atoms with Gasteiger partial charge in [-0.3, -0.25) is 57.6 Å². The number of allylic oxidation sites excluding steroid dienone is 6. The van der Waals surface area contributed by atoms with E-state index in [0.29, 0.717) is 56.4 Å². The fraction of sp³-hybridized carbons (Fsp3) is 0.610. The molecule has 28 heteroatoms. The maximum absolute atomic E-state index is 14.4. The Labute approximate surface area is 504 Å². The summed E-state index contributed by atoms with van der Waals surface area (Å²) in [6.07, 6.45) is -5.05. The van der Waals surface area contributed by atoms with Gasteiger partial charge in [-0.25, -0.2) is 9.55 Å². The highest BCUT2D eigenvalue weighted by Gasteiger charge is 2.66. The quantitative estimate of drug-likeness (QED) is 0.0502. The third kappa shape index (κ3) is 12.4. The van der Waals surface area contributed by atoms with Crippen molar-refractivity contribution < 1.29 is 67.0 Å². The molecule has 6 aliphatic heterocycles. The minimum Gasteiger partial charge on any atom is -0.394 e. The van der Waals surface area contributed by atoms with Crippen molar-refractivity contribution in [3.05, 3.63) is 64.9 Å². The molecule has 0 spiro atoms. The second-order valence-electron chi connectivity index (χ2n) is 25.7. The predicted octanol–water partition coefficient (Wildman–Crippen LogP) is 2.50. The van der Waals surface area contributed by atoms with Gasteiger partial charge >= 0.3 is 7.82 Å². The Morgan fingerprint density at radius 1 is 0.816 bits per heavy atom. The molecule has 1 unspecified atom stereocenters. The van der Waals surface area contributed by atoms with Crippen molar-refractivity contribution in [3.8, 4) is 0 Å². The van der Waals surface area contributed by atoms with E-state index < -0.39 is 143 Å². The Kier molecular flexibility index (Phi) is 18.6. The Balaban J connectivity index is 1.24. The Hall–Kier alpha value is -7.00. The minimum absolute atomic E-state index is 0.0520. The van der Waals surface area contributed by atoms with Crippen LogP contribution in [-0.2, 0) is 51.9 Å². The highest BCUT2D eigenvalue weighted by atomic mass is 31.2. The monoisotopic (exact) mass is 1230 g/mol. The standard InChI is InChI=1S/C59H84N13O14P/c1-28-47-32(15-18-41(61)75)55(4,5)39(69-47)23-36-31(14-17-40(60)74)57(7,24-44(64)78)52(68-36)29(2)48-33(16-19-42(62)76)58(8,25-45(65)79)59(9,71-48)53-34(22-43(63)77)56(6,51(28)70-53)21-20-46(80)67-30(3)85-87(82,83)86-50-38(26-73)84-54(49(50)81)72-27-66-35-12-10-11-13-37(35)72/h10-13,23,27,30-34,38,49-50,53-54,68,73,81H,14-22,24-26H2,1-9H3,(H2,60,74)(H2,61,75)(H2,62,76)(H2,63,77)(H2,64,78)(H2,65,79)(H,67,80)(H,82,83)/b36-23-,47-28-,52-29-/t30-,31-,32-,33-,34+,38-,49-,50-,53-,54+,56-,57+,58+,59-/m1/s1. The molecule has 7 amide bonds. The number of benzene rings is 1. The first kappa shape index (κ1) is 66.0. The molecule has 17 N–H and O–H groups in total. The van der Waals surface area contributed by atoms with Crippen molar-refractivity contribution >= 4 is 77.3 Å². The smallest absolute Gasteiger partial charge is 0.394 e. The first-order chi connectivity index (χ1) is 40.5. The number of fused-ring (bicyclic) bond motifs is 7. The number of phosphoric acid groups is 1. The maximum Gasteiger partial charge on any atom is 0.474 e. The number of nitrogens with two attached hydrogens (primary N) is 6. The van der Waals surface area contributed by atoms with E-state index in [4.69, 9.17) is 63.2 Å². The number of hydrogen-bond donors (Lipinski definition) is 11. The van der Waals surface area contributed by atoms with Crippen LogP contribution in [0.2, 0.25) is 0 Å². The SMILES string of the molecule is C/C1=C2N=C(/C=C3\N/C(=C(/C)C4=N[C@](C)([C@@H]5N=C1[C@](C)(CCC(=O)N[C@@H](C)OP(=O)(O)O[C@H]1[C@@H](O)[C@@H](n6cnc7ccccc76)O[C@@H]1CO)[C@H]5CC(N)=O)[C@@](C)(CC(N)=O)[C@@H]4CCC(N)=O)[C@@](C)(CC(N)=O)[C@@H]3CCC(N)=O)C(C)(C)[C@@H]/2CCC(N)=O. The fourth-order valence-corrected chi connectivity index (χ4v) is 16.1. The number of aliphatic hydroxyl groups is 2. The number of aliphatic hydroxyl groups excluding tert-OH is 2. The second-order valence-corrected chi connectivity index (χ2v) is 27.1. The summed E-state index contributed by atoms with van der Waals surface area (Å²) < 4.78 is 32.1. The molecule has 474 valence electrons. The Morgan fingerprint density at radius 3 is 2.02 bits per heavy atom. The van der Waals surface area contributed by atoms with Gasteiger partial charge in [0.05, 0.1) is 35.5 Å². The van der Waals surface area contributed by atoms with Gasteiger partial charge in [0.1, 0.15) is 24.5 Å². The second kappa shape index (κ2) is 24.5. The van der Waals surface area contributed by atoms with Crippen LogP contribution < -0.4 is 45.0 Å². The van der Waals surface area contributed by atoms with E-state index in [-0.39, 0.29) is 70.6 Å². The van der Waals surface area contributed by atoms with Gasteiger partial charge < -0.3 is 69.4 Å². The number of imidazole rings is 1. The zero-order chi connectivity index (χ0) is 64.3. The predicted molar refractivity (Wildman–Crippen MR) is 319 cm³/mol. The lowest BCUT2D eigenvalue weighted by atomic mass is 9.55. The summed E-state index contributed by atoms with van der Waals surface area (Å²) >= 11 is 0. The van der Waals surface area contributed by atoms with E-state index in [1.807, 2.05) is 47.6 Å². The van der Waals surface area contributed by atoms with Crippen molar-refractivity contribution in [2.45, 2.75) is 175 Å². The van der Waals surface area contributed by atoms with Crippen molar-refractivity contribution in [3.63, 3.8) is 0 Å². The van der Waals surface area contributed by atoms with Crippen LogP contribution in [0.25, 0.3) is 11.0 Å². The summed E-state index contributed by atoms with van der Waals surface area (Å²) in [6.45, 7) is 15.4. The van der Waals surface area contributed by atoms with Gasteiger partial charge in [-0.2, -0.15) is 0 Å². The maximum atomic E-state index is 14.4. The van der Waals surface area contributed by atoms with E-state index in [1.54, 1.807) is 38.1 Å². The number of para-hydroxylation sites is 2. The number of rotatable bonds is 25. The average molecular weight is 1230 g/mol. The van der Waals surface area contributed by atoms with Crippen molar-refractivity contribution in [1.29, 1.82) is 0 Å². The zero-order valence-corrected chi connectivity index (χ0v) is 51.6. The van der Waals surface area contributed by atoms with Gasteiger partial charge in [-0.05, 0) is 82.7 Å². The number of nitrogens with zero attached hydrogens (tertiary/aromatic N) is 5. The van der Waals surface area contributed by atoms with Gasteiger partial charge in [-0.15, -0.1) is 0 Å². The number of ether oxygens (including phenoxy) is 1. The summed E-state index contributed by atoms with van der Waals surface area (Å²) in [5.74, 6) is -7.46. The summed E-state index contributed by atoms with van der Waals surface area (Å²) in [5.41, 5.74) is 35.0. The molecule has 0 saturated carbocycles. The van der Waals surface area contributed by atoms with Crippen LogP contribution in [0.15, 0.2) is 79.9 Å². The number of aliphatic imine (C=N–C) groups is 3. The Bertz CT molecular complexity index is 3410. The topological polar surface area (TPSA) is 460 Å². The lowest BCUT2D eigenvalue weighted by molar-refractivity contribution is -0.125. The number of nitrogens with one attached hydrogen (secondary N) is 2. The molecule has 0 radical (unpaired) electrons. The molecule has 15 atom stereocenters. The summed E-state index contributed by atoms with van der Waals surface area (Å²) in [6, 6.07) is 5.93. The van der Waals surface area contributed by atoms with Crippen LogP contribution in [-0.4, -0.2) is 126 Å². The highest BCUT2D eigenvalue weighted by molar-refractivity contribution is 7.47. The van der Waals surface area contributed by atoms with Crippen LogP contribution in [0.3, 0.4) is 0 Å². The number of primary amides is 6. The first-order valence-electron chi connectivity index (χ1n) is 29.3. The normalized spacial score (nSPS) is 35.0. The lowest BCUT2D eigenvalue weighted by Gasteiger charge is -2.48. The van der Waals surface area contributed by atoms with Gasteiger partial charge in [0, 0.05) is 125 Å². The van der Waals surface area contributed by atoms with Gasteiger partial charge in [0.2, 0.25) is 41.4 Å². The minimum atomic E-state index is -5.18. The third-order valence-corrected chi connectivity index (χ3v) is 20.7.